The fraction of sp³-hybridized carbons (Fsp3) is 0.385. The van der Waals surface area contributed by atoms with Crippen LogP contribution in [0.2, 0.25) is 0 Å². The maximum atomic E-state index is 12.5. The number of nitrogens with zero attached hydrogens (tertiary/aromatic N) is 2. The molecule has 2 aromatic carbocycles. The number of piperidine rings is 1. The number of carbonyl (C=O) groups excluding carboxylic acids is 1. The predicted octanol–water partition coefficient (Wildman–Crippen LogP) is 4.76. The lowest BCUT2D eigenvalue weighted by molar-refractivity contribution is -0.142. The van der Waals surface area contributed by atoms with Gasteiger partial charge in [0.15, 0.2) is 0 Å². The molecular weight excluding hydrogens is 388 g/mol. The van der Waals surface area contributed by atoms with Gasteiger partial charge in [-0.05, 0) is 60.0 Å². The van der Waals surface area contributed by atoms with Gasteiger partial charge in [0.2, 0.25) is 0 Å². The van der Waals surface area contributed by atoms with Crippen LogP contribution in [-0.4, -0.2) is 47.7 Å². The van der Waals surface area contributed by atoms with Crippen molar-refractivity contribution in [3.05, 3.63) is 60.4 Å². The summed E-state index contributed by atoms with van der Waals surface area (Å²) < 4.78 is 11.8. The Morgan fingerprint density at radius 1 is 1.06 bits per heavy atom. The number of pyridine rings is 1. The first-order valence-corrected chi connectivity index (χ1v) is 11.2. The van der Waals surface area contributed by atoms with E-state index < -0.39 is 0 Å². The number of carbonyl (C=O) groups is 1. The fourth-order valence-corrected chi connectivity index (χ4v) is 4.71. The lowest BCUT2D eigenvalue weighted by Gasteiger charge is -2.33. The van der Waals surface area contributed by atoms with Crippen LogP contribution in [0.15, 0.2) is 54.9 Å². The Morgan fingerprint density at radius 2 is 1.87 bits per heavy atom. The zero-order valence-electron chi connectivity index (χ0n) is 17.9. The third-order valence-electron chi connectivity index (χ3n) is 6.52. The second-order valence-electron chi connectivity index (χ2n) is 8.50. The van der Waals surface area contributed by atoms with Crippen molar-refractivity contribution in [1.82, 2.24) is 9.88 Å². The lowest BCUT2D eigenvalue weighted by atomic mass is 9.96. The van der Waals surface area contributed by atoms with Gasteiger partial charge in [-0.15, -0.1) is 0 Å². The van der Waals surface area contributed by atoms with Crippen LogP contribution in [0.4, 0.5) is 0 Å². The Morgan fingerprint density at radius 3 is 2.61 bits per heavy atom. The zero-order chi connectivity index (χ0) is 21.2. The molecule has 2 aliphatic heterocycles. The van der Waals surface area contributed by atoms with E-state index in [-0.39, 0.29) is 18.1 Å². The highest BCUT2D eigenvalue weighted by atomic mass is 16.5. The Kier molecular flexibility index (Phi) is 5.60. The molecule has 0 bridgehead atoms. The number of likely N-dealkylation sites (tertiary alicyclic amines) is 1. The maximum absolute atomic E-state index is 12.5. The largest absolute Gasteiger partial charge is 0.490 e. The molecule has 2 aliphatic rings. The Balaban J connectivity index is 1.21. The highest BCUT2D eigenvalue weighted by molar-refractivity contribution is 5.91. The molecule has 5 rings (SSSR count). The summed E-state index contributed by atoms with van der Waals surface area (Å²) in [5, 5.41) is 2.39. The Labute approximate surface area is 183 Å². The van der Waals surface area contributed by atoms with Crippen LogP contribution in [0, 0.1) is 6.92 Å². The molecule has 31 heavy (non-hydrogen) atoms. The number of fused-ring (bicyclic) bond motifs is 1. The zero-order valence-corrected chi connectivity index (χ0v) is 17.9. The van der Waals surface area contributed by atoms with Gasteiger partial charge >= 0.3 is 0 Å². The van der Waals surface area contributed by atoms with Crippen LogP contribution in [0.5, 0.6) is 5.75 Å². The number of aromatic nitrogens is 1. The molecule has 1 unspecified atom stereocenters. The first kappa shape index (κ1) is 20.0. The molecule has 1 amide bonds. The van der Waals surface area contributed by atoms with Crippen LogP contribution < -0.4 is 4.74 Å². The molecule has 1 aromatic heterocycles. The topological polar surface area (TPSA) is 51.7 Å². The Bertz CT molecular complexity index is 1070. The molecule has 1 atom stereocenters. The van der Waals surface area contributed by atoms with E-state index in [9.17, 15) is 4.79 Å². The molecule has 2 saturated heterocycles. The minimum atomic E-state index is -0.222. The van der Waals surface area contributed by atoms with Crippen molar-refractivity contribution in [3.63, 3.8) is 0 Å². The quantitative estimate of drug-likeness (QED) is 0.615. The monoisotopic (exact) mass is 416 g/mol. The van der Waals surface area contributed by atoms with E-state index >= 15 is 0 Å². The second kappa shape index (κ2) is 8.67. The van der Waals surface area contributed by atoms with Gasteiger partial charge < -0.3 is 14.4 Å². The van der Waals surface area contributed by atoms with E-state index in [1.807, 2.05) is 17.3 Å². The van der Waals surface area contributed by atoms with Crippen LogP contribution in [-0.2, 0) is 9.53 Å². The van der Waals surface area contributed by atoms with Crippen LogP contribution in [0.3, 0.4) is 0 Å². The summed E-state index contributed by atoms with van der Waals surface area (Å²) in [5.74, 6) is 1.04. The summed E-state index contributed by atoms with van der Waals surface area (Å²) in [6, 6.07) is 14.7. The predicted molar refractivity (Wildman–Crippen MR) is 121 cm³/mol. The van der Waals surface area contributed by atoms with E-state index in [0.717, 1.165) is 49.9 Å². The molecule has 160 valence electrons. The maximum Gasteiger partial charge on any atom is 0.251 e. The van der Waals surface area contributed by atoms with Crippen molar-refractivity contribution in [2.45, 2.75) is 44.8 Å². The normalized spacial score (nSPS) is 19.6. The van der Waals surface area contributed by atoms with Crippen LogP contribution in [0.1, 0.15) is 31.2 Å². The van der Waals surface area contributed by atoms with E-state index in [4.69, 9.17) is 9.47 Å². The standard InChI is InChI=1S/C26H28N2O3/c1-18-23(9-6-20-17-27-13-10-24(18)20)19-4-7-21(8-5-19)31-22-11-14-28(15-12-22)26(29)25-3-2-16-30-25/h4-10,13,17,22,25H,2-3,11-12,14-16H2,1H3. The number of ether oxygens (including phenoxy) is 2. The van der Waals surface area contributed by atoms with Gasteiger partial charge in [-0.3, -0.25) is 9.78 Å². The summed E-state index contributed by atoms with van der Waals surface area (Å²) in [4.78, 5) is 18.7. The number of amides is 1. The van der Waals surface area contributed by atoms with Crippen molar-refractivity contribution < 1.29 is 14.3 Å². The van der Waals surface area contributed by atoms with Crippen molar-refractivity contribution in [1.29, 1.82) is 0 Å². The Hall–Kier alpha value is -2.92. The van der Waals surface area contributed by atoms with Gasteiger partial charge in [0, 0.05) is 50.3 Å². The van der Waals surface area contributed by atoms with Crippen molar-refractivity contribution in [2.75, 3.05) is 19.7 Å². The fourth-order valence-electron chi connectivity index (χ4n) is 4.71. The summed E-state index contributed by atoms with van der Waals surface area (Å²) in [5.41, 5.74) is 3.67. The molecule has 0 radical (unpaired) electrons. The molecule has 3 aromatic rings. The van der Waals surface area contributed by atoms with Gasteiger partial charge in [0.05, 0.1) is 0 Å². The molecule has 0 N–H and O–H groups in total. The molecular formula is C26H28N2O3. The van der Waals surface area contributed by atoms with Gasteiger partial charge in [-0.25, -0.2) is 0 Å². The summed E-state index contributed by atoms with van der Waals surface area (Å²) >= 11 is 0. The third kappa shape index (κ3) is 4.15. The van der Waals surface area contributed by atoms with E-state index in [1.165, 1.54) is 22.1 Å². The number of rotatable bonds is 4. The molecule has 0 spiro atoms. The first-order chi connectivity index (χ1) is 15.2. The molecule has 2 fully saturated rings. The molecule has 5 nitrogen and oxygen atoms in total. The first-order valence-electron chi connectivity index (χ1n) is 11.2. The third-order valence-corrected chi connectivity index (χ3v) is 6.52. The molecule has 3 heterocycles. The number of hydrogen-bond acceptors (Lipinski definition) is 4. The minimum absolute atomic E-state index is 0.148. The number of benzene rings is 2. The molecule has 5 heteroatoms. The summed E-state index contributed by atoms with van der Waals surface area (Å²) in [6.07, 6.45) is 7.24. The number of hydrogen-bond donors (Lipinski definition) is 0. The lowest BCUT2D eigenvalue weighted by Crippen LogP contribution is -2.45. The van der Waals surface area contributed by atoms with Gasteiger partial charge in [-0.2, -0.15) is 0 Å². The summed E-state index contributed by atoms with van der Waals surface area (Å²) in [7, 11) is 0. The molecule has 0 aliphatic carbocycles. The van der Waals surface area contributed by atoms with E-state index in [2.05, 4.69) is 54.4 Å². The average Bonchev–Trinajstić information content (AvgIpc) is 3.35. The highest BCUT2D eigenvalue weighted by Gasteiger charge is 2.31. The van der Waals surface area contributed by atoms with Gasteiger partial charge in [-0.1, -0.05) is 24.3 Å². The van der Waals surface area contributed by atoms with E-state index in [1.54, 1.807) is 0 Å². The SMILES string of the molecule is Cc1c(-c2ccc(OC3CCN(C(=O)C4CCCO4)CC3)cc2)ccc2cnccc12. The van der Waals surface area contributed by atoms with E-state index in [0.29, 0.717) is 6.61 Å². The van der Waals surface area contributed by atoms with Gasteiger partial charge in [0.1, 0.15) is 18.0 Å². The molecule has 0 saturated carbocycles. The van der Waals surface area contributed by atoms with Crippen molar-refractivity contribution >= 4 is 16.7 Å². The van der Waals surface area contributed by atoms with Crippen molar-refractivity contribution in [2.24, 2.45) is 0 Å². The second-order valence-corrected chi connectivity index (χ2v) is 8.50. The number of aryl methyl sites for hydroxylation is 1. The van der Waals surface area contributed by atoms with Gasteiger partial charge in [0.25, 0.3) is 5.91 Å². The smallest absolute Gasteiger partial charge is 0.251 e. The van der Waals surface area contributed by atoms with Crippen molar-refractivity contribution in [3.8, 4) is 16.9 Å². The van der Waals surface area contributed by atoms with Crippen LogP contribution >= 0.6 is 0 Å². The summed E-state index contributed by atoms with van der Waals surface area (Å²) in [6.45, 7) is 4.36. The minimum Gasteiger partial charge on any atom is -0.490 e. The van der Waals surface area contributed by atoms with Crippen LogP contribution in [0.25, 0.3) is 21.9 Å². The highest BCUT2D eigenvalue weighted by Crippen LogP contribution is 2.31. The average molecular weight is 417 g/mol.